The molecule has 6 nitrogen and oxygen atoms in total. The van der Waals surface area contributed by atoms with Gasteiger partial charge in [-0.05, 0) is 53.9 Å². The molecule has 0 aliphatic carbocycles. The maximum atomic E-state index is 13.7. The predicted molar refractivity (Wildman–Crippen MR) is 145 cm³/mol. The van der Waals surface area contributed by atoms with Crippen molar-refractivity contribution in [2.24, 2.45) is 0 Å². The Morgan fingerprint density at radius 2 is 1.65 bits per heavy atom. The normalized spacial score (nSPS) is 14.6. The van der Waals surface area contributed by atoms with Crippen molar-refractivity contribution < 1.29 is 14.3 Å². The number of methoxy groups -OCH3 is 1. The highest BCUT2D eigenvalue weighted by atomic mass is 35.5. The first-order chi connectivity index (χ1) is 18.1. The van der Waals surface area contributed by atoms with Crippen LogP contribution >= 0.6 is 11.6 Å². The molecule has 190 valence electrons. The number of hydrogen-bond acceptors (Lipinski definition) is 4. The van der Waals surface area contributed by atoms with Gasteiger partial charge in [-0.2, -0.15) is 5.10 Å². The summed E-state index contributed by atoms with van der Waals surface area (Å²) in [6, 6.07) is 23.1. The number of carbonyl (C=O) groups excluding carboxylic acids is 1. The summed E-state index contributed by atoms with van der Waals surface area (Å²) in [5.41, 5.74) is 5.06. The van der Waals surface area contributed by atoms with E-state index in [1.807, 2.05) is 77.7 Å². The lowest BCUT2D eigenvalue weighted by atomic mass is 9.96. The minimum Gasteiger partial charge on any atom is -0.497 e. The first-order valence-electron chi connectivity index (χ1n) is 12.6. The molecule has 2 heterocycles. The molecule has 3 aromatic carbocycles. The molecule has 1 atom stereocenters. The number of benzene rings is 3. The van der Waals surface area contributed by atoms with E-state index in [0.717, 1.165) is 58.7 Å². The molecule has 0 bridgehead atoms. The highest BCUT2D eigenvalue weighted by molar-refractivity contribution is 6.30. The number of hydrogen-bond donors (Lipinski definition) is 1. The highest BCUT2D eigenvalue weighted by Crippen LogP contribution is 2.44. The molecule has 0 fully saturated rings. The fourth-order valence-corrected chi connectivity index (χ4v) is 4.88. The van der Waals surface area contributed by atoms with E-state index >= 15 is 0 Å². The summed E-state index contributed by atoms with van der Waals surface area (Å²) in [6.45, 7) is 3.33. The van der Waals surface area contributed by atoms with Crippen molar-refractivity contribution in [3.05, 3.63) is 100 Å². The lowest BCUT2D eigenvalue weighted by Crippen LogP contribution is -2.29. The molecule has 0 spiro atoms. The van der Waals surface area contributed by atoms with E-state index in [1.165, 1.54) is 0 Å². The fourth-order valence-electron chi connectivity index (χ4n) is 4.75. The zero-order valence-corrected chi connectivity index (χ0v) is 21.8. The van der Waals surface area contributed by atoms with E-state index in [4.69, 9.17) is 21.1 Å². The van der Waals surface area contributed by atoms with Crippen molar-refractivity contribution in [1.82, 2.24) is 15.1 Å². The van der Waals surface area contributed by atoms with Crippen LogP contribution in [0.3, 0.4) is 0 Å². The van der Waals surface area contributed by atoms with E-state index in [0.29, 0.717) is 23.9 Å². The van der Waals surface area contributed by atoms with Crippen LogP contribution in [0.25, 0.3) is 11.3 Å². The van der Waals surface area contributed by atoms with Crippen LogP contribution in [0.2, 0.25) is 5.02 Å². The van der Waals surface area contributed by atoms with E-state index in [2.05, 4.69) is 17.1 Å². The molecule has 1 aromatic heterocycles. The number of amides is 1. The Morgan fingerprint density at radius 1 is 0.946 bits per heavy atom. The topological polar surface area (TPSA) is 67.5 Å². The first kappa shape index (κ1) is 24.9. The van der Waals surface area contributed by atoms with Gasteiger partial charge in [-0.3, -0.25) is 9.89 Å². The first-order valence-corrected chi connectivity index (χ1v) is 13.0. The van der Waals surface area contributed by atoms with Crippen LogP contribution in [0.15, 0.2) is 72.8 Å². The summed E-state index contributed by atoms with van der Waals surface area (Å²) in [7, 11) is 1.64. The predicted octanol–water partition coefficient (Wildman–Crippen LogP) is 7.05. The summed E-state index contributed by atoms with van der Waals surface area (Å²) in [5.74, 6) is 1.53. The van der Waals surface area contributed by atoms with E-state index in [9.17, 15) is 4.79 Å². The number of rotatable bonds is 10. The largest absolute Gasteiger partial charge is 0.497 e. The Bertz CT molecular complexity index is 1350. The van der Waals surface area contributed by atoms with Crippen LogP contribution < -0.4 is 9.47 Å². The van der Waals surface area contributed by atoms with Gasteiger partial charge in [-0.1, -0.05) is 67.8 Å². The number of aromatic nitrogens is 2. The molecule has 1 aliphatic heterocycles. The van der Waals surface area contributed by atoms with Crippen LogP contribution in [0.5, 0.6) is 11.5 Å². The second-order valence-electron chi connectivity index (χ2n) is 9.18. The highest BCUT2D eigenvalue weighted by Gasteiger charge is 2.42. The molecule has 5 rings (SSSR count). The molecular formula is C30H30ClN3O3. The Balaban J connectivity index is 1.50. The van der Waals surface area contributed by atoms with E-state index < -0.39 is 0 Å². The number of nitrogens with zero attached hydrogens (tertiary/aromatic N) is 2. The van der Waals surface area contributed by atoms with Gasteiger partial charge in [0.05, 0.1) is 25.5 Å². The molecule has 4 aromatic rings. The Hall–Kier alpha value is -3.77. The Morgan fingerprint density at radius 3 is 2.32 bits per heavy atom. The van der Waals surface area contributed by atoms with Gasteiger partial charge in [-0.15, -0.1) is 0 Å². The second-order valence-corrected chi connectivity index (χ2v) is 9.61. The third-order valence-corrected chi connectivity index (χ3v) is 6.96. The summed E-state index contributed by atoms with van der Waals surface area (Å²) >= 11 is 6.13. The summed E-state index contributed by atoms with van der Waals surface area (Å²) in [6.07, 6.45) is 3.35. The second kappa shape index (κ2) is 11.1. The zero-order chi connectivity index (χ0) is 25.8. The smallest absolute Gasteiger partial charge is 0.273 e. The maximum absolute atomic E-state index is 13.7. The van der Waals surface area contributed by atoms with Crippen LogP contribution in [-0.2, 0) is 6.54 Å². The van der Waals surface area contributed by atoms with E-state index in [1.54, 1.807) is 7.11 Å². The van der Waals surface area contributed by atoms with Crippen molar-refractivity contribution in [3.8, 4) is 22.8 Å². The molecule has 0 radical (unpaired) electrons. The van der Waals surface area contributed by atoms with Crippen LogP contribution in [0.4, 0.5) is 0 Å². The van der Waals surface area contributed by atoms with Gasteiger partial charge in [-0.25, -0.2) is 0 Å². The van der Waals surface area contributed by atoms with Gasteiger partial charge < -0.3 is 14.4 Å². The van der Waals surface area contributed by atoms with Gasteiger partial charge in [0.1, 0.15) is 17.2 Å². The van der Waals surface area contributed by atoms with Crippen LogP contribution in [-0.4, -0.2) is 34.7 Å². The zero-order valence-electron chi connectivity index (χ0n) is 21.0. The van der Waals surface area contributed by atoms with Crippen molar-refractivity contribution in [2.45, 2.75) is 38.8 Å². The fraction of sp³-hybridized carbons (Fsp3) is 0.267. The number of unbranched alkanes of at least 4 members (excludes halogenated alkanes) is 2. The minimum absolute atomic E-state index is 0.0802. The van der Waals surface area contributed by atoms with E-state index in [-0.39, 0.29) is 11.9 Å². The van der Waals surface area contributed by atoms with Crippen LogP contribution in [0.1, 0.15) is 59.4 Å². The van der Waals surface area contributed by atoms with Crippen molar-refractivity contribution >= 4 is 17.5 Å². The third kappa shape index (κ3) is 5.20. The molecule has 1 N–H and O–H groups in total. The number of halogens is 1. The van der Waals surface area contributed by atoms with Gasteiger partial charge >= 0.3 is 0 Å². The number of carbonyl (C=O) groups is 1. The Kier molecular flexibility index (Phi) is 7.47. The summed E-state index contributed by atoms with van der Waals surface area (Å²) in [4.78, 5) is 15.6. The minimum atomic E-state index is -0.303. The van der Waals surface area contributed by atoms with Crippen molar-refractivity contribution in [3.63, 3.8) is 0 Å². The van der Waals surface area contributed by atoms with Gasteiger partial charge in [0, 0.05) is 22.7 Å². The number of nitrogens with one attached hydrogen (secondary N) is 1. The molecule has 37 heavy (non-hydrogen) atoms. The Labute approximate surface area is 222 Å². The lowest BCUT2D eigenvalue weighted by molar-refractivity contribution is 0.0730. The SMILES string of the molecule is CCCCCOc1ccc(C2c3c(-c4ccc(Cl)cc4)n[nH]c3C(=O)N2Cc2ccc(OC)cc2)cc1. The van der Waals surface area contributed by atoms with Gasteiger partial charge in [0.25, 0.3) is 5.91 Å². The molecule has 1 unspecified atom stereocenters. The monoisotopic (exact) mass is 515 g/mol. The standard InChI is InChI=1S/C30H30ClN3O3/c1-3-4-5-18-37-25-16-10-22(11-17-25)29-26-27(21-8-12-23(31)13-9-21)32-33-28(26)30(35)34(29)19-20-6-14-24(36-2)15-7-20/h6-17,29H,3-5,18-19H2,1-2H3,(H,32,33). The molecular weight excluding hydrogens is 486 g/mol. The summed E-state index contributed by atoms with van der Waals surface area (Å²) < 4.78 is 11.2. The average Bonchev–Trinajstić information content (AvgIpc) is 3.47. The quantitative estimate of drug-likeness (QED) is 0.230. The van der Waals surface area contributed by atoms with Gasteiger partial charge in [0.2, 0.25) is 0 Å². The maximum Gasteiger partial charge on any atom is 0.273 e. The number of fused-ring (bicyclic) bond motifs is 1. The van der Waals surface area contributed by atoms with Crippen molar-refractivity contribution in [2.75, 3.05) is 13.7 Å². The number of aromatic amines is 1. The lowest BCUT2D eigenvalue weighted by Gasteiger charge is -2.27. The van der Waals surface area contributed by atoms with Crippen LogP contribution in [0, 0.1) is 0 Å². The van der Waals surface area contributed by atoms with Gasteiger partial charge in [0.15, 0.2) is 0 Å². The average molecular weight is 516 g/mol. The number of H-pyrrole nitrogens is 1. The molecule has 1 amide bonds. The molecule has 0 saturated heterocycles. The molecule has 7 heteroatoms. The molecule has 0 saturated carbocycles. The van der Waals surface area contributed by atoms with Crippen molar-refractivity contribution in [1.29, 1.82) is 0 Å². The summed E-state index contributed by atoms with van der Waals surface area (Å²) in [5, 5.41) is 8.21. The number of ether oxygens (including phenoxy) is 2. The molecule has 1 aliphatic rings. The third-order valence-electron chi connectivity index (χ3n) is 6.71.